The number of sulfonamides is 1. The molecule has 0 unspecified atom stereocenters. The Morgan fingerprint density at radius 3 is 2.63 bits per heavy atom. The van der Waals surface area contributed by atoms with E-state index in [4.69, 9.17) is 0 Å². The van der Waals surface area contributed by atoms with E-state index in [1.54, 1.807) is 9.47 Å². The van der Waals surface area contributed by atoms with Gasteiger partial charge in [-0.25, -0.2) is 22.6 Å². The molecule has 0 saturated carbocycles. The van der Waals surface area contributed by atoms with Gasteiger partial charge in [0.25, 0.3) is 0 Å². The Morgan fingerprint density at radius 2 is 1.93 bits per heavy atom. The van der Waals surface area contributed by atoms with E-state index in [-0.39, 0.29) is 29.9 Å². The summed E-state index contributed by atoms with van der Waals surface area (Å²) < 4.78 is 29.4. The number of rotatable bonds is 6. The molecular formula is C17H29N5O4S. The van der Waals surface area contributed by atoms with Gasteiger partial charge in [-0.2, -0.15) is 5.10 Å². The first-order valence-electron chi connectivity index (χ1n) is 9.84. The molecule has 9 nitrogen and oxygen atoms in total. The molecule has 1 aromatic heterocycles. The first kappa shape index (κ1) is 20.1. The Balaban J connectivity index is 1.55. The Hall–Kier alpha value is -1.68. The minimum atomic E-state index is -3.24. The van der Waals surface area contributed by atoms with Crippen LogP contribution in [-0.2, 0) is 34.3 Å². The van der Waals surface area contributed by atoms with Crippen LogP contribution >= 0.6 is 0 Å². The van der Waals surface area contributed by atoms with Gasteiger partial charge in [0.15, 0.2) is 0 Å². The predicted octanol–water partition coefficient (Wildman–Crippen LogP) is 0.0916. The maximum atomic E-state index is 12.6. The van der Waals surface area contributed by atoms with Gasteiger partial charge in [-0.05, 0) is 32.1 Å². The van der Waals surface area contributed by atoms with Gasteiger partial charge in [-0.1, -0.05) is 13.3 Å². The predicted molar refractivity (Wildman–Crippen MR) is 101 cm³/mol. The van der Waals surface area contributed by atoms with E-state index in [9.17, 15) is 18.0 Å². The summed E-state index contributed by atoms with van der Waals surface area (Å²) in [6.07, 6.45) is 5.61. The topological polar surface area (TPSA) is 106 Å². The smallest absolute Gasteiger partial charge is 0.341 e. The van der Waals surface area contributed by atoms with Crippen LogP contribution in [0, 0.1) is 0 Å². The zero-order valence-corrected chi connectivity index (χ0v) is 16.7. The summed E-state index contributed by atoms with van der Waals surface area (Å²) in [7, 11) is -3.24. The molecule has 1 saturated heterocycles. The van der Waals surface area contributed by atoms with Crippen molar-refractivity contribution in [1.82, 2.24) is 24.0 Å². The van der Waals surface area contributed by atoms with Crippen LogP contribution in [0.4, 0.5) is 0 Å². The van der Waals surface area contributed by atoms with Crippen molar-refractivity contribution in [3.05, 3.63) is 16.3 Å². The summed E-state index contributed by atoms with van der Waals surface area (Å²) in [6.45, 7) is 3.43. The molecule has 0 spiro atoms. The summed E-state index contributed by atoms with van der Waals surface area (Å²) >= 11 is 0. The summed E-state index contributed by atoms with van der Waals surface area (Å²) in [6, 6.07) is -0.128. The van der Waals surface area contributed by atoms with E-state index >= 15 is 0 Å². The Labute approximate surface area is 159 Å². The van der Waals surface area contributed by atoms with Crippen LogP contribution in [0.5, 0.6) is 0 Å². The standard InChI is InChI=1S/C17H29N5O4S/c1-2-12-27(25,26)19-14-7-10-20(11-8-14)16(23)13-22-17(24)21-9-5-3-4-6-15(21)18-22/h14,19H,2-13H2,1H3. The fourth-order valence-corrected chi connectivity index (χ4v) is 5.18. The van der Waals surface area contributed by atoms with Gasteiger partial charge in [-0.3, -0.25) is 9.36 Å². The first-order chi connectivity index (χ1) is 12.9. The number of likely N-dealkylation sites (tertiary alicyclic amines) is 1. The highest BCUT2D eigenvalue weighted by Gasteiger charge is 2.26. The molecule has 3 rings (SSSR count). The molecule has 2 aliphatic heterocycles. The number of amides is 1. The van der Waals surface area contributed by atoms with Gasteiger partial charge in [-0.15, -0.1) is 0 Å². The van der Waals surface area contributed by atoms with Crippen LogP contribution in [0.1, 0.15) is 51.3 Å². The molecule has 0 aromatic carbocycles. The van der Waals surface area contributed by atoms with Crippen molar-refractivity contribution in [2.24, 2.45) is 0 Å². The average Bonchev–Trinajstić information content (AvgIpc) is 2.78. The zero-order valence-electron chi connectivity index (χ0n) is 15.9. The lowest BCUT2D eigenvalue weighted by atomic mass is 10.1. The van der Waals surface area contributed by atoms with E-state index in [1.807, 2.05) is 6.92 Å². The minimum Gasteiger partial charge on any atom is -0.341 e. The number of aromatic nitrogens is 3. The molecular weight excluding hydrogens is 370 g/mol. The lowest BCUT2D eigenvalue weighted by Crippen LogP contribution is -2.48. The van der Waals surface area contributed by atoms with Crippen molar-refractivity contribution in [3.8, 4) is 0 Å². The monoisotopic (exact) mass is 399 g/mol. The van der Waals surface area contributed by atoms with Crippen LogP contribution in [0.25, 0.3) is 0 Å². The molecule has 27 heavy (non-hydrogen) atoms. The number of nitrogens with zero attached hydrogens (tertiary/aromatic N) is 4. The highest BCUT2D eigenvalue weighted by Crippen LogP contribution is 2.13. The first-order valence-corrected chi connectivity index (χ1v) is 11.5. The molecule has 10 heteroatoms. The SMILES string of the molecule is CCCS(=O)(=O)NC1CCN(C(=O)Cn2nc3n(c2=O)CCCCC3)CC1. The van der Waals surface area contributed by atoms with Crippen molar-refractivity contribution in [1.29, 1.82) is 0 Å². The number of hydrogen-bond donors (Lipinski definition) is 1. The number of carbonyl (C=O) groups excluding carboxylic acids is 1. The van der Waals surface area contributed by atoms with E-state index in [0.29, 0.717) is 38.9 Å². The number of hydrogen-bond acceptors (Lipinski definition) is 5. The molecule has 0 radical (unpaired) electrons. The van der Waals surface area contributed by atoms with Gasteiger partial charge in [0, 0.05) is 32.1 Å². The summed E-state index contributed by atoms with van der Waals surface area (Å²) in [5.41, 5.74) is -0.206. The Bertz CT molecular complexity index is 821. The van der Waals surface area contributed by atoms with Gasteiger partial charge >= 0.3 is 5.69 Å². The quantitative estimate of drug-likeness (QED) is 0.730. The molecule has 3 heterocycles. The van der Waals surface area contributed by atoms with Crippen molar-refractivity contribution in [2.45, 2.75) is 71.0 Å². The van der Waals surface area contributed by atoms with Crippen LogP contribution in [0.15, 0.2) is 4.79 Å². The third-order valence-corrected chi connectivity index (χ3v) is 6.87. The third-order valence-electron chi connectivity index (χ3n) is 5.23. The summed E-state index contributed by atoms with van der Waals surface area (Å²) in [5.74, 6) is 0.759. The molecule has 0 atom stereocenters. The molecule has 0 bridgehead atoms. The number of fused-ring (bicyclic) bond motifs is 1. The fourth-order valence-electron chi connectivity index (χ4n) is 3.78. The maximum absolute atomic E-state index is 12.6. The second kappa shape index (κ2) is 8.55. The van der Waals surface area contributed by atoms with Crippen molar-refractivity contribution < 1.29 is 13.2 Å². The lowest BCUT2D eigenvalue weighted by molar-refractivity contribution is -0.133. The number of carbonyl (C=O) groups is 1. The van der Waals surface area contributed by atoms with E-state index in [0.717, 1.165) is 31.5 Å². The van der Waals surface area contributed by atoms with E-state index in [1.165, 1.54) is 4.68 Å². The van der Waals surface area contributed by atoms with Crippen molar-refractivity contribution in [2.75, 3.05) is 18.8 Å². The van der Waals surface area contributed by atoms with Crippen LogP contribution < -0.4 is 10.4 Å². The molecule has 2 aliphatic rings. The highest BCUT2D eigenvalue weighted by atomic mass is 32.2. The Morgan fingerprint density at radius 1 is 1.19 bits per heavy atom. The molecule has 1 aromatic rings. The van der Waals surface area contributed by atoms with Gasteiger partial charge in [0.2, 0.25) is 15.9 Å². The molecule has 1 N–H and O–H groups in total. The molecule has 1 fully saturated rings. The lowest BCUT2D eigenvalue weighted by Gasteiger charge is -2.32. The number of aryl methyl sites for hydroxylation is 1. The summed E-state index contributed by atoms with van der Waals surface area (Å²) in [5, 5.41) is 4.36. The van der Waals surface area contributed by atoms with E-state index < -0.39 is 10.0 Å². The third kappa shape index (κ3) is 4.98. The van der Waals surface area contributed by atoms with Gasteiger partial charge < -0.3 is 4.90 Å². The summed E-state index contributed by atoms with van der Waals surface area (Å²) in [4.78, 5) is 26.7. The van der Waals surface area contributed by atoms with Gasteiger partial charge in [0.1, 0.15) is 12.4 Å². The fraction of sp³-hybridized carbons (Fsp3) is 0.824. The average molecular weight is 400 g/mol. The van der Waals surface area contributed by atoms with Crippen LogP contribution in [0.2, 0.25) is 0 Å². The van der Waals surface area contributed by atoms with E-state index in [2.05, 4.69) is 9.82 Å². The second-order valence-electron chi connectivity index (χ2n) is 7.41. The van der Waals surface area contributed by atoms with Crippen LogP contribution in [0.3, 0.4) is 0 Å². The zero-order chi connectivity index (χ0) is 19.4. The van der Waals surface area contributed by atoms with Crippen molar-refractivity contribution >= 4 is 15.9 Å². The molecule has 1 amide bonds. The largest absolute Gasteiger partial charge is 0.346 e. The number of piperidine rings is 1. The minimum absolute atomic E-state index is 0.0505. The molecule has 0 aliphatic carbocycles. The second-order valence-corrected chi connectivity index (χ2v) is 9.28. The maximum Gasteiger partial charge on any atom is 0.346 e. The molecule has 152 valence electrons. The number of nitrogens with one attached hydrogen (secondary N) is 1. The van der Waals surface area contributed by atoms with Crippen molar-refractivity contribution in [3.63, 3.8) is 0 Å². The normalized spacial score (nSPS) is 18.9. The van der Waals surface area contributed by atoms with Crippen LogP contribution in [-0.4, -0.2) is 58.5 Å². The van der Waals surface area contributed by atoms with Gasteiger partial charge in [0.05, 0.1) is 5.75 Å². The highest BCUT2D eigenvalue weighted by molar-refractivity contribution is 7.89. The Kier molecular flexibility index (Phi) is 6.36.